The van der Waals surface area contributed by atoms with Crippen LogP contribution >= 0.6 is 0 Å². The molecule has 2 nitrogen and oxygen atoms in total. The summed E-state index contributed by atoms with van der Waals surface area (Å²) < 4.78 is 9.25. The van der Waals surface area contributed by atoms with Crippen molar-refractivity contribution in [3.8, 4) is 22.8 Å². The van der Waals surface area contributed by atoms with Gasteiger partial charge in [0.05, 0.1) is 10.9 Å². The number of nitrogens with zero attached hydrogens (tertiary/aromatic N) is 1. The van der Waals surface area contributed by atoms with E-state index in [2.05, 4.69) is 88.0 Å². The van der Waals surface area contributed by atoms with Crippen LogP contribution < -0.4 is 9.30 Å². The minimum Gasteiger partial charge on any atom is -0.455 e. The molecular formula is C31H34NO+. The summed E-state index contributed by atoms with van der Waals surface area (Å²) >= 11 is 0. The van der Waals surface area contributed by atoms with Gasteiger partial charge in [-0.1, -0.05) is 63.9 Å². The van der Waals surface area contributed by atoms with E-state index in [0.717, 1.165) is 17.9 Å². The Bertz CT molecular complexity index is 1420. The Hall–Kier alpha value is -2.87. The van der Waals surface area contributed by atoms with E-state index in [4.69, 9.17) is 4.74 Å². The van der Waals surface area contributed by atoms with E-state index >= 15 is 0 Å². The first-order valence-electron chi connectivity index (χ1n) is 12.5. The second-order valence-electron chi connectivity index (χ2n) is 11.4. The minimum atomic E-state index is 0.162. The molecule has 1 saturated carbocycles. The van der Waals surface area contributed by atoms with Crippen molar-refractivity contribution < 1.29 is 9.30 Å². The van der Waals surface area contributed by atoms with E-state index in [9.17, 15) is 0 Å². The van der Waals surface area contributed by atoms with Crippen LogP contribution in [0.2, 0.25) is 0 Å². The van der Waals surface area contributed by atoms with Gasteiger partial charge in [0.2, 0.25) is 5.69 Å². The van der Waals surface area contributed by atoms with Gasteiger partial charge in [0.15, 0.2) is 6.20 Å². The Morgan fingerprint density at radius 1 is 1.00 bits per heavy atom. The molecule has 0 spiro atoms. The molecule has 2 heterocycles. The lowest BCUT2D eigenvalue weighted by Gasteiger charge is -2.28. The molecule has 0 N–H and O–H groups in total. The Morgan fingerprint density at radius 2 is 1.73 bits per heavy atom. The van der Waals surface area contributed by atoms with Crippen LogP contribution in [0.3, 0.4) is 0 Å². The monoisotopic (exact) mass is 436 g/mol. The molecule has 0 radical (unpaired) electrons. The smallest absolute Gasteiger partial charge is 0.228 e. The zero-order valence-electron chi connectivity index (χ0n) is 20.6. The molecule has 1 aliphatic heterocycles. The van der Waals surface area contributed by atoms with Gasteiger partial charge in [0.25, 0.3) is 0 Å². The largest absolute Gasteiger partial charge is 0.455 e. The van der Waals surface area contributed by atoms with Gasteiger partial charge in [0, 0.05) is 11.6 Å². The maximum absolute atomic E-state index is 6.96. The molecule has 0 bridgehead atoms. The highest BCUT2D eigenvalue weighted by Crippen LogP contribution is 2.52. The number of fused-ring (bicyclic) bond motifs is 3. The topological polar surface area (TPSA) is 13.1 Å². The SMILES string of the molecule is Cc1c2c(c(CC(C)(C)C)c3ccccc13)Oc1cc(C3CCCC3)cc3cc[n+](C)c-2c13. The number of benzene rings is 3. The molecule has 1 aliphatic carbocycles. The Morgan fingerprint density at radius 3 is 2.45 bits per heavy atom. The van der Waals surface area contributed by atoms with E-state index in [1.807, 2.05) is 0 Å². The van der Waals surface area contributed by atoms with Crippen molar-refractivity contribution in [3.05, 3.63) is 65.4 Å². The molecule has 3 aromatic carbocycles. The lowest BCUT2D eigenvalue weighted by atomic mass is 9.81. The molecule has 0 saturated heterocycles. The van der Waals surface area contributed by atoms with E-state index in [-0.39, 0.29) is 5.41 Å². The number of hydrogen-bond donors (Lipinski definition) is 0. The van der Waals surface area contributed by atoms with Crippen LogP contribution in [0.4, 0.5) is 0 Å². The van der Waals surface area contributed by atoms with Crippen molar-refractivity contribution >= 4 is 21.5 Å². The number of pyridine rings is 1. The fourth-order valence-electron chi connectivity index (χ4n) is 6.23. The first-order chi connectivity index (χ1) is 15.8. The molecule has 2 heteroatoms. The second-order valence-corrected chi connectivity index (χ2v) is 11.4. The lowest BCUT2D eigenvalue weighted by Crippen LogP contribution is -2.32. The van der Waals surface area contributed by atoms with Crippen molar-refractivity contribution in [2.24, 2.45) is 12.5 Å². The normalized spacial score (nSPS) is 15.8. The fraction of sp³-hybridized carbons (Fsp3) is 0.387. The first-order valence-corrected chi connectivity index (χ1v) is 12.5. The average molecular weight is 437 g/mol. The zero-order valence-corrected chi connectivity index (χ0v) is 20.6. The van der Waals surface area contributed by atoms with Gasteiger partial charge < -0.3 is 4.74 Å². The zero-order chi connectivity index (χ0) is 22.9. The van der Waals surface area contributed by atoms with Crippen LogP contribution in [0, 0.1) is 12.3 Å². The fourth-order valence-corrected chi connectivity index (χ4v) is 6.23. The average Bonchev–Trinajstić information content (AvgIpc) is 3.32. The van der Waals surface area contributed by atoms with Gasteiger partial charge >= 0.3 is 0 Å². The van der Waals surface area contributed by atoms with Gasteiger partial charge in [-0.3, -0.25) is 0 Å². The van der Waals surface area contributed by atoms with E-state index in [1.54, 1.807) is 0 Å². The van der Waals surface area contributed by atoms with Crippen LogP contribution in [0.15, 0.2) is 48.7 Å². The maximum atomic E-state index is 6.96. The summed E-state index contributed by atoms with van der Waals surface area (Å²) in [5.41, 5.74) is 6.82. The number of ether oxygens (including phenoxy) is 1. The molecule has 0 atom stereocenters. The van der Waals surface area contributed by atoms with E-state index in [0.29, 0.717) is 5.92 Å². The maximum Gasteiger partial charge on any atom is 0.228 e. The summed E-state index contributed by atoms with van der Waals surface area (Å²) in [6, 6.07) is 15.9. The molecule has 33 heavy (non-hydrogen) atoms. The van der Waals surface area contributed by atoms with Crippen molar-refractivity contribution in [1.29, 1.82) is 0 Å². The van der Waals surface area contributed by atoms with Crippen molar-refractivity contribution in [1.82, 2.24) is 0 Å². The van der Waals surface area contributed by atoms with Gasteiger partial charge in [-0.2, -0.15) is 0 Å². The number of aromatic nitrogens is 1. The van der Waals surface area contributed by atoms with Gasteiger partial charge in [0.1, 0.15) is 18.5 Å². The minimum absolute atomic E-state index is 0.162. The van der Waals surface area contributed by atoms with Crippen molar-refractivity contribution in [3.63, 3.8) is 0 Å². The lowest BCUT2D eigenvalue weighted by molar-refractivity contribution is -0.659. The first kappa shape index (κ1) is 20.7. The summed E-state index contributed by atoms with van der Waals surface area (Å²) in [4.78, 5) is 0. The predicted octanol–water partition coefficient (Wildman–Crippen LogP) is 8.14. The van der Waals surface area contributed by atoms with Gasteiger partial charge in [-0.05, 0) is 70.9 Å². The summed E-state index contributed by atoms with van der Waals surface area (Å²) in [7, 11) is 2.18. The van der Waals surface area contributed by atoms with Crippen LogP contribution in [0.5, 0.6) is 11.5 Å². The Labute approximate surface area is 197 Å². The second kappa shape index (κ2) is 7.32. The number of aryl methyl sites for hydroxylation is 2. The third kappa shape index (κ3) is 3.26. The third-order valence-electron chi connectivity index (χ3n) is 7.74. The standard InChI is InChI=1S/C31H34NO/c1-19-23-12-8-9-13-24(23)25(18-31(2,3)4)30-27(19)29-28-21(14-15-32(29)5)16-22(17-26(28)33-30)20-10-6-7-11-20/h8-9,12-17,20H,6-7,10-11,18H2,1-5H3/q+1. The summed E-state index contributed by atoms with van der Waals surface area (Å²) in [5.74, 6) is 2.78. The highest BCUT2D eigenvalue weighted by atomic mass is 16.5. The van der Waals surface area contributed by atoms with Crippen molar-refractivity contribution in [2.45, 2.75) is 65.7 Å². The highest BCUT2D eigenvalue weighted by molar-refractivity contribution is 6.06. The Balaban J connectivity index is 1.71. The molecule has 2 aliphatic rings. The molecule has 1 aromatic heterocycles. The predicted molar refractivity (Wildman–Crippen MR) is 137 cm³/mol. The van der Waals surface area contributed by atoms with Gasteiger partial charge in [-0.15, -0.1) is 0 Å². The quantitative estimate of drug-likeness (QED) is 0.254. The molecule has 168 valence electrons. The van der Waals surface area contributed by atoms with Gasteiger partial charge in [-0.25, -0.2) is 4.57 Å². The molecule has 4 aromatic rings. The summed E-state index contributed by atoms with van der Waals surface area (Å²) in [6.45, 7) is 9.24. The van der Waals surface area contributed by atoms with E-state index < -0.39 is 0 Å². The summed E-state index contributed by atoms with van der Waals surface area (Å²) in [5, 5.41) is 5.23. The van der Waals surface area contributed by atoms with Crippen LogP contribution in [-0.4, -0.2) is 0 Å². The van der Waals surface area contributed by atoms with Crippen LogP contribution in [-0.2, 0) is 13.5 Å². The number of rotatable bonds is 2. The van der Waals surface area contributed by atoms with E-state index in [1.165, 1.54) is 75.2 Å². The molecular weight excluding hydrogens is 402 g/mol. The van der Waals surface area contributed by atoms with Crippen LogP contribution in [0.1, 0.15) is 69.1 Å². The highest BCUT2D eigenvalue weighted by Gasteiger charge is 2.34. The molecule has 1 fully saturated rings. The number of hydrogen-bond acceptors (Lipinski definition) is 1. The molecule has 0 unspecified atom stereocenters. The molecule has 0 amide bonds. The third-order valence-corrected chi connectivity index (χ3v) is 7.74. The van der Waals surface area contributed by atoms with Crippen LogP contribution in [0.25, 0.3) is 32.8 Å². The van der Waals surface area contributed by atoms with Crippen molar-refractivity contribution in [2.75, 3.05) is 0 Å². The molecule has 6 rings (SSSR count). The Kier molecular flexibility index (Phi) is 4.59. The summed E-state index contributed by atoms with van der Waals surface area (Å²) in [6.07, 6.45) is 8.50.